The second kappa shape index (κ2) is 6.83. The van der Waals surface area contributed by atoms with Crippen LogP contribution in [0.5, 0.6) is 0 Å². The number of carbonyl (C=O) groups excluding carboxylic acids is 3. The first-order valence-electron chi connectivity index (χ1n) is 9.69. The summed E-state index contributed by atoms with van der Waals surface area (Å²) in [6.07, 6.45) is -1.37. The normalized spacial score (nSPS) is 26.2. The fourth-order valence-electron chi connectivity index (χ4n) is 5.01. The number of primary amides is 1. The van der Waals surface area contributed by atoms with Crippen molar-refractivity contribution in [3.63, 3.8) is 0 Å². The fraction of sp³-hybridized carbons (Fsp3) is 0.227. The van der Waals surface area contributed by atoms with Crippen LogP contribution in [0.25, 0.3) is 6.08 Å². The standard InChI is InChI=1S/C22H15ClF3N3O3/c23-14-6-5-11(9-13(14)22(24,25)26)29-20(31)15-16(21(29)32)18(19(27)30)28-8-7-10-3-1-2-4-12(10)17(15)28/h1-9,15-18H,(H2,27,30)/t15-,16-,17-,18+/m1/s1. The molecule has 3 aliphatic heterocycles. The Kier molecular flexibility index (Phi) is 4.39. The molecular weight excluding hydrogens is 447 g/mol. The van der Waals surface area contributed by atoms with Gasteiger partial charge in [0.25, 0.3) is 0 Å². The second-order valence-corrected chi connectivity index (χ2v) is 8.32. The van der Waals surface area contributed by atoms with Crippen molar-refractivity contribution in [1.29, 1.82) is 0 Å². The van der Waals surface area contributed by atoms with Crippen molar-refractivity contribution in [3.8, 4) is 0 Å². The number of amides is 3. The van der Waals surface area contributed by atoms with E-state index in [0.29, 0.717) is 6.07 Å². The van der Waals surface area contributed by atoms with Gasteiger partial charge in [-0.1, -0.05) is 35.9 Å². The number of benzene rings is 2. The molecule has 10 heteroatoms. The Bertz CT molecular complexity index is 1210. The summed E-state index contributed by atoms with van der Waals surface area (Å²) in [6.45, 7) is 0. The van der Waals surface area contributed by atoms with Gasteiger partial charge in [0.1, 0.15) is 6.04 Å². The molecule has 2 fully saturated rings. The monoisotopic (exact) mass is 461 g/mol. The molecule has 2 N–H and O–H groups in total. The maximum Gasteiger partial charge on any atom is 0.417 e. The molecule has 0 saturated carbocycles. The zero-order chi connectivity index (χ0) is 22.9. The van der Waals surface area contributed by atoms with E-state index in [0.717, 1.165) is 22.1 Å². The molecule has 0 bridgehead atoms. The maximum atomic E-state index is 13.5. The van der Waals surface area contributed by atoms with Gasteiger partial charge in [-0.2, -0.15) is 13.2 Å². The minimum atomic E-state index is -4.77. The Balaban J connectivity index is 1.63. The van der Waals surface area contributed by atoms with Crippen molar-refractivity contribution in [3.05, 3.63) is 70.4 Å². The molecular formula is C22H15ClF3N3O3. The predicted molar refractivity (Wildman–Crippen MR) is 109 cm³/mol. The molecule has 0 unspecified atom stereocenters. The molecule has 3 aliphatic rings. The average molecular weight is 462 g/mol. The van der Waals surface area contributed by atoms with Gasteiger partial charge in [-0.25, -0.2) is 4.90 Å². The summed E-state index contributed by atoms with van der Waals surface area (Å²) in [5.74, 6) is -4.33. The number of nitrogens with two attached hydrogens (primary N) is 1. The average Bonchev–Trinajstić information content (AvgIpc) is 3.21. The Morgan fingerprint density at radius 1 is 1.03 bits per heavy atom. The summed E-state index contributed by atoms with van der Waals surface area (Å²) < 4.78 is 40.0. The smallest absolute Gasteiger partial charge is 0.368 e. The first-order valence-corrected chi connectivity index (χ1v) is 10.1. The lowest BCUT2D eigenvalue weighted by Gasteiger charge is -2.34. The van der Waals surface area contributed by atoms with Crippen LogP contribution in [0.15, 0.2) is 48.7 Å². The minimum Gasteiger partial charge on any atom is -0.368 e. The third-order valence-electron chi connectivity index (χ3n) is 6.27. The van der Waals surface area contributed by atoms with E-state index in [1.54, 1.807) is 29.3 Å². The highest BCUT2D eigenvalue weighted by molar-refractivity contribution is 6.31. The fourth-order valence-corrected chi connectivity index (χ4v) is 5.23. The number of fused-ring (bicyclic) bond motifs is 5. The molecule has 3 heterocycles. The number of carbonyl (C=O) groups is 3. The van der Waals surface area contributed by atoms with Gasteiger partial charge in [-0.15, -0.1) is 0 Å². The summed E-state index contributed by atoms with van der Waals surface area (Å²) in [4.78, 5) is 41.5. The largest absolute Gasteiger partial charge is 0.417 e. The van der Waals surface area contributed by atoms with Crippen LogP contribution in [0.3, 0.4) is 0 Å². The van der Waals surface area contributed by atoms with Gasteiger partial charge < -0.3 is 10.6 Å². The van der Waals surface area contributed by atoms with Crippen molar-refractivity contribution >= 4 is 41.1 Å². The van der Waals surface area contributed by atoms with E-state index in [9.17, 15) is 27.6 Å². The number of imide groups is 1. The van der Waals surface area contributed by atoms with Crippen LogP contribution in [0.2, 0.25) is 5.02 Å². The second-order valence-electron chi connectivity index (χ2n) is 7.91. The Morgan fingerprint density at radius 3 is 2.41 bits per heavy atom. The van der Waals surface area contributed by atoms with Crippen molar-refractivity contribution in [2.75, 3.05) is 4.90 Å². The van der Waals surface area contributed by atoms with E-state index in [4.69, 9.17) is 17.3 Å². The summed E-state index contributed by atoms with van der Waals surface area (Å²) in [7, 11) is 0. The molecule has 2 aromatic carbocycles. The molecule has 3 amide bonds. The lowest BCUT2D eigenvalue weighted by atomic mass is 9.84. The predicted octanol–water partition coefficient (Wildman–Crippen LogP) is 3.36. The van der Waals surface area contributed by atoms with Crippen LogP contribution >= 0.6 is 11.6 Å². The summed E-state index contributed by atoms with van der Waals surface area (Å²) in [6, 6.07) is 8.31. The molecule has 0 radical (unpaired) electrons. The van der Waals surface area contributed by atoms with E-state index in [2.05, 4.69) is 0 Å². The highest BCUT2D eigenvalue weighted by atomic mass is 35.5. The van der Waals surface area contributed by atoms with Crippen LogP contribution in [-0.4, -0.2) is 28.7 Å². The molecule has 4 atom stereocenters. The zero-order valence-electron chi connectivity index (χ0n) is 16.2. The Morgan fingerprint density at radius 2 is 1.72 bits per heavy atom. The van der Waals surface area contributed by atoms with Gasteiger partial charge >= 0.3 is 6.18 Å². The van der Waals surface area contributed by atoms with Gasteiger partial charge in [0.2, 0.25) is 17.7 Å². The van der Waals surface area contributed by atoms with E-state index < -0.39 is 58.4 Å². The van der Waals surface area contributed by atoms with Crippen molar-refractivity contribution in [1.82, 2.24) is 4.90 Å². The van der Waals surface area contributed by atoms with Crippen LogP contribution in [-0.2, 0) is 20.6 Å². The van der Waals surface area contributed by atoms with E-state index in [-0.39, 0.29) is 5.69 Å². The molecule has 6 nitrogen and oxygen atoms in total. The minimum absolute atomic E-state index is 0.250. The highest BCUT2D eigenvalue weighted by Gasteiger charge is 2.64. The quantitative estimate of drug-likeness (QED) is 0.695. The van der Waals surface area contributed by atoms with Gasteiger partial charge in [0.05, 0.1) is 34.2 Å². The maximum absolute atomic E-state index is 13.5. The topological polar surface area (TPSA) is 83.7 Å². The number of nitrogens with zero attached hydrogens (tertiary/aromatic N) is 2. The number of halogens is 4. The molecule has 0 aliphatic carbocycles. The molecule has 32 heavy (non-hydrogen) atoms. The van der Waals surface area contributed by atoms with E-state index >= 15 is 0 Å². The van der Waals surface area contributed by atoms with Gasteiger partial charge in [-0.05, 0) is 35.4 Å². The summed E-state index contributed by atoms with van der Waals surface area (Å²) in [5, 5.41) is -0.548. The van der Waals surface area contributed by atoms with Gasteiger partial charge in [0.15, 0.2) is 0 Å². The first kappa shape index (κ1) is 20.6. The first-order chi connectivity index (χ1) is 15.1. The van der Waals surface area contributed by atoms with Crippen molar-refractivity contribution in [2.24, 2.45) is 17.6 Å². The van der Waals surface area contributed by atoms with Crippen LogP contribution in [0.1, 0.15) is 22.7 Å². The molecule has 2 aromatic rings. The van der Waals surface area contributed by atoms with Crippen molar-refractivity contribution < 1.29 is 27.6 Å². The SMILES string of the molecule is NC(=O)[C@@H]1[C@@H]2C(=O)N(c3ccc(Cl)c(C(F)(F)F)c3)C(=O)[C@H]2[C@H]2c3ccccc3C=CN12. The molecule has 0 aromatic heterocycles. The summed E-state index contributed by atoms with van der Waals surface area (Å²) >= 11 is 5.68. The number of alkyl halides is 3. The lowest BCUT2D eigenvalue weighted by molar-refractivity contribution is -0.137. The highest BCUT2D eigenvalue weighted by Crippen LogP contribution is 2.53. The lowest BCUT2D eigenvalue weighted by Crippen LogP contribution is -2.46. The number of hydrogen-bond acceptors (Lipinski definition) is 4. The van der Waals surface area contributed by atoms with E-state index in [1.165, 1.54) is 6.07 Å². The number of hydrogen-bond donors (Lipinski definition) is 1. The third kappa shape index (κ3) is 2.77. The molecule has 5 rings (SSSR count). The Labute approximate surface area is 185 Å². The Hall–Kier alpha value is -3.33. The van der Waals surface area contributed by atoms with Gasteiger partial charge in [0, 0.05) is 6.20 Å². The van der Waals surface area contributed by atoms with Crippen molar-refractivity contribution in [2.45, 2.75) is 18.3 Å². The zero-order valence-corrected chi connectivity index (χ0v) is 17.0. The molecule has 164 valence electrons. The number of rotatable bonds is 2. The van der Waals surface area contributed by atoms with Crippen LogP contribution in [0.4, 0.5) is 18.9 Å². The number of anilines is 1. The molecule has 2 saturated heterocycles. The third-order valence-corrected chi connectivity index (χ3v) is 6.60. The van der Waals surface area contributed by atoms with Crippen LogP contribution in [0, 0.1) is 11.8 Å². The van der Waals surface area contributed by atoms with Gasteiger partial charge in [-0.3, -0.25) is 14.4 Å². The van der Waals surface area contributed by atoms with E-state index in [1.807, 2.05) is 12.1 Å². The summed E-state index contributed by atoms with van der Waals surface area (Å²) in [5.41, 5.74) is 5.76. The van der Waals surface area contributed by atoms with Crippen LogP contribution < -0.4 is 10.6 Å². The molecule has 0 spiro atoms.